The molecular formula is C23H39FO2. The van der Waals surface area contributed by atoms with Crippen LogP contribution in [0.15, 0.2) is 0 Å². The van der Waals surface area contributed by atoms with Crippen LogP contribution in [0, 0.1) is 40.4 Å². The maximum Gasteiger partial charge on any atom is 0.133 e. The average molecular weight is 367 g/mol. The molecule has 4 fully saturated rings. The van der Waals surface area contributed by atoms with Crippen molar-refractivity contribution in [2.75, 3.05) is 0 Å². The monoisotopic (exact) mass is 366 g/mol. The standard InChI is InChI=1S/C21H33FO2.C2H6/c1-13(23)17-6-7-18-16-5-4-14-12-15(24-22)8-10-20(14,2)19(16)9-11-21(17,18)3;1-2/h14-19H,4-12H2,1-3H3;1-2H3. The van der Waals surface area contributed by atoms with Gasteiger partial charge in [0.05, 0.1) is 6.10 Å². The van der Waals surface area contributed by atoms with Gasteiger partial charge in [0.1, 0.15) is 5.78 Å². The first kappa shape index (κ1) is 20.3. The highest BCUT2D eigenvalue weighted by atomic mass is 19.3. The van der Waals surface area contributed by atoms with E-state index in [9.17, 15) is 9.32 Å². The normalized spacial score (nSPS) is 49.9. The number of hydrogen-bond donors (Lipinski definition) is 0. The van der Waals surface area contributed by atoms with Crippen molar-refractivity contribution >= 4 is 5.78 Å². The van der Waals surface area contributed by atoms with Crippen LogP contribution < -0.4 is 0 Å². The SMILES string of the molecule is CC.CC(=O)C1CCC2C3CCC4CC(OF)CCC4(C)C3CCC12C. The van der Waals surface area contributed by atoms with Crippen LogP contribution in [0.25, 0.3) is 0 Å². The average Bonchev–Trinajstić information content (AvgIpc) is 3.00. The second-order valence-electron chi connectivity index (χ2n) is 9.93. The van der Waals surface area contributed by atoms with Crippen LogP contribution in [0.4, 0.5) is 4.53 Å². The number of fused-ring (bicyclic) bond motifs is 5. The molecule has 0 amide bonds. The second-order valence-corrected chi connectivity index (χ2v) is 9.93. The Bertz CT molecular complexity index is 520. The Labute approximate surface area is 159 Å². The summed E-state index contributed by atoms with van der Waals surface area (Å²) >= 11 is 0. The van der Waals surface area contributed by atoms with Crippen molar-refractivity contribution in [3.05, 3.63) is 0 Å². The molecule has 0 heterocycles. The third-order valence-electron chi connectivity index (χ3n) is 9.23. The minimum atomic E-state index is -0.165. The van der Waals surface area contributed by atoms with Gasteiger partial charge in [-0.05, 0) is 104 Å². The first-order chi connectivity index (χ1) is 12.4. The lowest BCUT2D eigenvalue weighted by Crippen LogP contribution is -2.54. The number of rotatable bonds is 2. The van der Waals surface area contributed by atoms with E-state index in [2.05, 4.69) is 18.8 Å². The number of carbonyl (C=O) groups excluding carboxylic acids is 1. The van der Waals surface area contributed by atoms with E-state index in [0.29, 0.717) is 23.0 Å². The minimum Gasteiger partial charge on any atom is -0.300 e. The van der Waals surface area contributed by atoms with Crippen molar-refractivity contribution in [1.29, 1.82) is 0 Å². The molecule has 4 aliphatic carbocycles. The van der Waals surface area contributed by atoms with E-state index < -0.39 is 0 Å². The van der Waals surface area contributed by atoms with Crippen molar-refractivity contribution < 1.29 is 14.3 Å². The van der Waals surface area contributed by atoms with E-state index in [4.69, 9.17) is 0 Å². The van der Waals surface area contributed by atoms with Crippen molar-refractivity contribution in [2.24, 2.45) is 40.4 Å². The molecule has 8 unspecified atom stereocenters. The lowest BCUT2D eigenvalue weighted by molar-refractivity contribution is -0.215. The number of Topliss-reactive ketones (excluding diaryl/α,β-unsaturated/α-hetero) is 1. The Kier molecular flexibility index (Phi) is 5.88. The van der Waals surface area contributed by atoms with Gasteiger partial charge >= 0.3 is 0 Å². The smallest absolute Gasteiger partial charge is 0.133 e. The van der Waals surface area contributed by atoms with Crippen LogP contribution >= 0.6 is 0 Å². The quantitative estimate of drug-likeness (QED) is 0.555. The highest BCUT2D eigenvalue weighted by Gasteiger charge is 2.60. The summed E-state index contributed by atoms with van der Waals surface area (Å²) < 4.78 is 12.7. The maximum atomic E-state index is 12.7. The molecule has 2 nitrogen and oxygen atoms in total. The fourth-order valence-electron chi connectivity index (χ4n) is 7.97. The summed E-state index contributed by atoms with van der Waals surface area (Å²) in [6.07, 6.45) is 10.1. The molecule has 4 aliphatic rings. The first-order valence-corrected chi connectivity index (χ1v) is 11.2. The Hall–Kier alpha value is -0.440. The molecule has 0 aliphatic heterocycles. The zero-order valence-electron chi connectivity index (χ0n) is 17.5. The fraction of sp³-hybridized carbons (Fsp3) is 0.957. The zero-order valence-corrected chi connectivity index (χ0v) is 17.5. The van der Waals surface area contributed by atoms with Gasteiger partial charge in [0, 0.05) is 5.92 Å². The van der Waals surface area contributed by atoms with Crippen LogP contribution in [-0.2, 0) is 9.74 Å². The van der Waals surface area contributed by atoms with Crippen LogP contribution in [0.5, 0.6) is 0 Å². The van der Waals surface area contributed by atoms with Gasteiger partial charge in [0.15, 0.2) is 0 Å². The molecule has 0 spiro atoms. The molecule has 4 rings (SSSR count). The molecule has 0 aromatic carbocycles. The van der Waals surface area contributed by atoms with Crippen LogP contribution in [0.1, 0.15) is 92.4 Å². The number of ketones is 1. The Balaban J connectivity index is 0.000000948. The fourth-order valence-corrected chi connectivity index (χ4v) is 7.97. The third-order valence-corrected chi connectivity index (χ3v) is 9.23. The highest BCUT2D eigenvalue weighted by Crippen LogP contribution is 2.67. The van der Waals surface area contributed by atoms with Gasteiger partial charge in [-0.15, -0.1) is 0 Å². The lowest BCUT2D eigenvalue weighted by atomic mass is 9.44. The molecule has 26 heavy (non-hydrogen) atoms. The topological polar surface area (TPSA) is 26.3 Å². The second kappa shape index (κ2) is 7.53. The van der Waals surface area contributed by atoms with E-state index in [1.54, 1.807) is 6.92 Å². The number of carbonyl (C=O) groups is 1. The molecule has 4 saturated carbocycles. The van der Waals surface area contributed by atoms with Gasteiger partial charge in [-0.25, -0.2) is 0 Å². The summed E-state index contributed by atoms with van der Waals surface area (Å²) in [7, 11) is 0. The van der Waals surface area contributed by atoms with Crippen molar-refractivity contribution in [2.45, 2.75) is 98.5 Å². The van der Waals surface area contributed by atoms with E-state index in [1.807, 2.05) is 13.8 Å². The van der Waals surface area contributed by atoms with Crippen LogP contribution in [0.3, 0.4) is 0 Å². The summed E-state index contributed by atoms with van der Waals surface area (Å²) in [6, 6.07) is 0. The zero-order chi connectivity index (χ0) is 19.1. The van der Waals surface area contributed by atoms with E-state index in [0.717, 1.165) is 43.4 Å². The maximum absolute atomic E-state index is 12.7. The van der Waals surface area contributed by atoms with Crippen molar-refractivity contribution in [1.82, 2.24) is 0 Å². The number of hydrogen-bond acceptors (Lipinski definition) is 2. The first-order valence-electron chi connectivity index (χ1n) is 11.2. The van der Waals surface area contributed by atoms with Gasteiger partial charge in [-0.2, -0.15) is 4.94 Å². The van der Waals surface area contributed by atoms with Gasteiger partial charge in [0.2, 0.25) is 0 Å². The van der Waals surface area contributed by atoms with E-state index >= 15 is 0 Å². The van der Waals surface area contributed by atoms with E-state index in [-0.39, 0.29) is 11.5 Å². The molecule has 150 valence electrons. The highest BCUT2D eigenvalue weighted by molar-refractivity contribution is 5.79. The summed E-state index contributed by atoms with van der Waals surface area (Å²) in [5, 5.41) is 0. The van der Waals surface area contributed by atoms with Gasteiger partial charge in [-0.1, -0.05) is 27.7 Å². The van der Waals surface area contributed by atoms with Crippen LogP contribution in [0.2, 0.25) is 0 Å². The summed E-state index contributed by atoms with van der Waals surface area (Å²) in [4.78, 5) is 16.4. The van der Waals surface area contributed by atoms with Crippen molar-refractivity contribution in [3.63, 3.8) is 0 Å². The predicted octanol–water partition coefficient (Wildman–Crippen LogP) is 6.53. The largest absolute Gasteiger partial charge is 0.300 e. The molecule has 0 bridgehead atoms. The van der Waals surface area contributed by atoms with Crippen LogP contribution in [-0.4, -0.2) is 11.9 Å². The van der Waals surface area contributed by atoms with Gasteiger partial charge in [-0.3, -0.25) is 4.79 Å². The molecule has 0 aromatic rings. The molecule has 8 atom stereocenters. The molecular weight excluding hydrogens is 327 g/mol. The number of halogens is 1. The molecule has 3 heteroatoms. The van der Waals surface area contributed by atoms with Gasteiger partial charge < -0.3 is 0 Å². The molecule has 0 saturated heterocycles. The molecule has 0 N–H and O–H groups in total. The summed E-state index contributed by atoms with van der Waals surface area (Å²) in [5.41, 5.74) is 0.614. The third kappa shape index (κ3) is 2.97. The van der Waals surface area contributed by atoms with E-state index in [1.165, 1.54) is 32.1 Å². The van der Waals surface area contributed by atoms with Crippen molar-refractivity contribution in [3.8, 4) is 0 Å². The minimum absolute atomic E-state index is 0.165. The summed E-state index contributed by atoms with van der Waals surface area (Å²) in [5.74, 6) is 3.64. The van der Waals surface area contributed by atoms with Gasteiger partial charge in [0.25, 0.3) is 0 Å². The predicted molar refractivity (Wildman–Crippen MR) is 103 cm³/mol. The Morgan fingerprint density at radius 2 is 1.58 bits per heavy atom. The lowest BCUT2D eigenvalue weighted by Gasteiger charge is -2.60. The Morgan fingerprint density at radius 3 is 2.23 bits per heavy atom. The molecule has 0 aromatic heterocycles. The summed E-state index contributed by atoms with van der Waals surface area (Å²) in [6.45, 7) is 10.7. The molecule has 0 radical (unpaired) electrons. The Morgan fingerprint density at radius 1 is 0.923 bits per heavy atom.